The molecule has 2 N–H and O–H groups in total. The predicted molar refractivity (Wildman–Crippen MR) is 83.1 cm³/mol. The van der Waals surface area contributed by atoms with Crippen molar-refractivity contribution in [1.82, 2.24) is 10.3 Å². The van der Waals surface area contributed by atoms with E-state index < -0.39 is 0 Å². The number of carbonyl (C=O) groups excluding carboxylic acids is 1. The number of benzene rings is 1. The predicted octanol–water partition coefficient (Wildman–Crippen LogP) is 3.21. The zero-order valence-electron chi connectivity index (χ0n) is 11.6. The third-order valence-electron chi connectivity index (χ3n) is 3.02. The van der Waals surface area contributed by atoms with Gasteiger partial charge in [-0.25, -0.2) is 0 Å². The van der Waals surface area contributed by atoms with Crippen LogP contribution in [0.4, 0.5) is 5.69 Å². The lowest BCUT2D eigenvalue weighted by Crippen LogP contribution is -2.37. The summed E-state index contributed by atoms with van der Waals surface area (Å²) in [6.07, 6.45) is 2.63. The number of fused-ring (bicyclic) bond motifs is 1. The maximum absolute atomic E-state index is 11.9. The van der Waals surface area contributed by atoms with Crippen LogP contribution in [-0.2, 0) is 4.79 Å². The summed E-state index contributed by atoms with van der Waals surface area (Å²) in [5.74, 6) is -0.00854. The van der Waals surface area contributed by atoms with Crippen molar-refractivity contribution in [2.24, 2.45) is 0 Å². The van der Waals surface area contributed by atoms with Crippen LogP contribution in [0, 0.1) is 0 Å². The summed E-state index contributed by atoms with van der Waals surface area (Å²) in [6.45, 7) is 4.56. The zero-order chi connectivity index (χ0) is 14.5. The number of pyridine rings is 1. The monoisotopic (exact) mass is 291 g/mol. The SMILES string of the molecule is CCCNC(=O)C(C)Nc1ccnc2cc(Cl)ccc12. The molecular weight excluding hydrogens is 274 g/mol. The van der Waals surface area contributed by atoms with Crippen LogP contribution < -0.4 is 10.6 Å². The number of anilines is 1. The quantitative estimate of drug-likeness (QED) is 0.889. The summed E-state index contributed by atoms with van der Waals surface area (Å²) in [5.41, 5.74) is 1.69. The van der Waals surface area contributed by atoms with Gasteiger partial charge in [-0.05, 0) is 37.6 Å². The molecule has 5 heteroatoms. The second-order valence-corrected chi connectivity index (χ2v) is 5.11. The summed E-state index contributed by atoms with van der Waals surface area (Å²) in [4.78, 5) is 16.2. The number of aromatic nitrogens is 1. The second kappa shape index (κ2) is 6.57. The Labute approximate surface area is 123 Å². The number of hydrogen-bond donors (Lipinski definition) is 2. The molecule has 0 aliphatic heterocycles. The zero-order valence-corrected chi connectivity index (χ0v) is 12.4. The van der Waals surface area contributed by atoms with E-state index in [1.54, 1.807) is 6.20 Å². The Morgan fingerprint density at radius 2 is 2.20 bits per heavy atom. The van der Waals surface area contributed by atoms with E-state index in [0.717, 1.165) is 23.0 Å². The molecule has 0 aliphatic carbocycles. The molecule has 0 radical (unpaired) electrons. The van der Waals surface area contributed by atoms with Crippen LogP contribution in [0.2, 0.25) is 5.02 Å². The van der Waals surface area contributed by atoms with Gasteiger partial charge in [0.2, 0.25) is 5.91 Å². The fraction of sp³-hybridized carbons (Fsp3) is 0.333. The van der Waals surface area contributed by atoms with Gasteiger partial charge in [0, 0.05) is 28.8 Å². The molecule has 20 heavy (non-hydrogen) atoms. The lowest BCUT2D eigenvalue weighted by atomic mass is 10.1. The van der Waals surface area contributed by atoms with Crippen molar-refractivity contribution in [3.05, 3.63) is 35.5 Å². The van der Waals surface area contributed by atoms with Crippen LogP contribution in [0.5, 0.6) is 0 Å². The molecule has 0 bridgehead atoms. The lowest BCUT2D eigenvalue weighted by molar-refractivity contribution is -0.121. The van der Waals surface area contributed by atoms with E-state index in [4.69, 9.17) is 11.6 Å². The van der Waals surface area contributed by atoms with Crippen LogP contribution in [0.1, 0.15) is 20.3 Å². The number of carbonyl (C=O) groups is 1. The van der Waals surface area contributed by atoms with E-state index in [9.17, 15) is 4.79 Å². The molecule has 106 valence electrons. The average molecular weight is 292 g/mol. The fourth-order valence-electron chi connectivity index (χ4n) is 1.95. The summed E-state index contributed by atoms with van der Waals surface area (Å²) in [5, 5.41) is 7.69. The van der Waals surface area contributed by atoms with Crippen molar-refractivity contribution in [2.75, 3.05) is 11.9 Å². The van der Waals surface area contributed by atoms with Crippen LogP contribution in [-0.4, -0.2) is 23.5 Å². The van der Waals surface area contributed by atoms with Crippen molar-refractivity contribution in [2.45, 2.75) is 26.3 Å². The Kier molecular flexibility index (Phi) is 4.79. The van der Waals surface area contributed by atoms with Crippen molar-refractivity contribution in [3.8, 4) is 0 Å². The number of halogens is 1. The maximum Gasteiger partial charge on any atom is 0.242 e. The largest absolute Gasteiger partial charge is 0.373 e. The fourth-order valence-corrected chi connectivity index (χ4v) is 2.11. The van der Waals surface area contributed by atoms with Gasteiger partial charge >= 0.3 is 0 Å². The molecule has 1 atom stereocenters. The number of nitrogens with zero attached hydrogens (tertiary/aromatic N) is 1. The van der Waals surface area contributed by atoms with Gasteiger partial charge in [0.1, 0.15) is 6.04 Å². The summed E-state index contributed by atoms with van der Waals surface area (Å²) >= 11 is 5.96. The Balaban J connectivity index is 2.19. The first-order valence-electron chi connectivity index (χ1n) is 6.70. The van der Waals surface area contributed by atoms with Gasteiger partial charge in [0.05, 0.1) is 5.52 Å². The Bertz CT molecular complexity index is 615. The molecule has 0 saturated heterocycles. The number of hydrogen-bond acceptors (Lipinski definition) is 3. The summed E-state index contributed by atoms with van der Waals surface area (Å²) in [6, 6.07) is 7.09. The Hall–Kier alpha value is -1.81. The molecule has 0 saturated carbocycles. The van der Waals surface area contributed by atoms with Crippen molar-refractivity contribution in [1.29, 1.82) is 0 Å². The third kappa shape index (κ3) is 3.39. The molecule has 1 aromatic carbocycles. The third-order valence-corrected chi connectivity index (χ3v) is 3.25. The normalized spacial score (nSPS) is 12.2. The van der Waals surface area contributed by atoms with E-state index in [0.29, 0.717) is 11.6 Å². The maximum atomic E-state index is 11.9. The van der Waals surface area contributed by atoms with E-state index in [1.807, 2.05) is 38.1 Å². The highest BCUT2D eigenvalue weighted by Gasteiger charge is 2.13. The first-order valence-corrected chi connectivity index (χ1v) is 7.08. The molecule has 0 fully saturated rings. The highest BCUT2D eigenvalue weighted by atomic mass is 35.5. The molecule has 1 heterocycles. The topological polar surface area (TPSA) is 54.0 Å². The minimum atomic E-state index is -0.303. The van der Waals surface area contributed by atoms with Gasteiger partial charge in [0.15, 0.2) is 0 Å². The first kappa shape index (κ1) is 14.6. The molecule has 1 aromatic heterocycles. The van der Waals surface area contributed by atoms with E-state index >= 15 is 0 Å². The molecule has 4 nitrogen and oxygen atoms in total. The number of rotatable bonds is 5. The molecule has 0 aliphatic rings. The van der Waals surface area contributed by atoms with Gasteiger partial charge in [-0.2, -0.15) is 0 Å². The molecule has 2 rings (SSSR count). The second-order valence-electron chi connectivity index (χ2n) is 4.68. The molecule has 1 amide bonds. The summed E-state index contributed by atoms with van der Waals surface area (Å²) < 4.78 is 0. The highest BCUT2D eigenvalue weighted by molar-refractivity contribution is 6.31. The Morgan fingerprint density at radius 3 is 2.95 bits per heavy atom. The van der Waals surface area contributed by atoms with Gasteiger partial charge in [-0.3, -0.25) is 9.78 Å². The number of nitrogens with one attached hydrogen (secondary N) is 2. The van der Waals surface area contributed by atoms with Crippen molar-refractivity contribution >= 4 is 34.1 Å². The minimum absolute atomic E-state index is 0.00854. The number of amides is 1. The van der Waals surface area contributed by atoms with Crippen molar-refractivity contribution in [3.63, 3.8) is 0 Å². The highest BCUT2D eigenvalue weighted by Crippen LogP contribution is 2.24. The average Bonchev–Trinajstić information content (AvgIpc) is 2.44. The molecule has 1 unspecified atom stereocenters. The molecule has 0 spiro atoms. The molecule has 2 aromatic rings. The van der Waals surface area contributed by atoms with Crippen LogP contribution in [0.3, 0.4) is 0 Å². The van der Waals surface area contributed by atoms with Crippen LogP contribution in [0.15, 0.2) is 30.5 Å². The van der Waals surface area contributed by atoms with Gasteiger partial charge in [-0.15, -0.1) is 0 Å². The smallest absolute Gasteiger partial charge is 0.242 e. The van der Waals surface area contributed by atoms with Gasteiger partial charge in [-0.1, -0.05) is 18.5 Å². The van der Waals surface area contributed by atoms with E-state index in [2.05, 4.69) is 15.6 Å². The van der Waals surface area contributed by atoms with Crippen LogP contribution >= 0.6 is 11.6 Å². The van der Waals surface area contributed by atoms with Gasteiger partial charge < -0.3 is 10.6 Å². The lowest BCUT2D eigenvalue weighted by Gasteiger charge is -2.16. The Morgan fingerprint density at radius 1 is 1.40 bits per heavy atom. The minimum Gasteiger partial charge on any atom is -0.373 e. The van der Waals surface area contributed by atoms with E-state index in [-0.39, 0.29) is 11.9 Å². The van der Waals surface area contributed by atoms with Crippen molar-refractivity contribution < 1.29 is 4.79 Å². The standard InChI is InChI=1S/C15H18ClN3O/c1-3-7-18-15(20)10(2)19-13-6-8-17-14-9-11(16)4-5-12(13)14/h4-6,8-10H,3,7H2,1-2H3,(H,17,19)(H,18,20). The first-order chi connectivity index (χ1) is 9.61. The van der Waals surface area contributed by atoms with Gasteiger partial charge in [0.25, 0.3) is 0 Å². The van der Waals surface area contributed by atoms with Crippen LogP contribution in [0.25, 0.3) is 10.9 Å². The van der Waals surface area contributed by atoms with E-state index in [1.165, 1.54) is 0 Å². The summed E-state index contributed by atoms with van der Waals surface area (Å²) in [7, 11) is 0. The molecular formula is C15H18ClN3O.